The Morgan fingerprint density at radius 2 is 2.16 bits per heavy atom. The summed E-state index contributed by atoms with van der Waals surface area (Å²) in [6.45, 7) is 1.88. The van der Waals surface area contributed by atoms with Crippen molar-refractivity contribution in [3.8, 4) is 0 Å². The van der Waals surface area contributed by atoms with Gasteiger partial charge in [0.15, 0.2) is 0 Å². The number of halogens is 1. The average Bonchev–Trinajstić information content (AvgIpc) is 3.11. The monoisotopic (exact) mass is 325 g/mol. The van der Waals surface area contributed by atoms with Crippen LogP contribution in [0.3, 0.4) is 0 Å². The molecule has 0 radical (unpaired) electrons. The Morgan fingerprint density at radius 3 is 2.74 bits per heavy atom. The molecule has 1 saturated carbocycles. The van der Waals surface area contributed by atoms with Crippen molar-refractivity contribution in [3.05, 3.63) is 34.3 Å². The highest BCUT2D eigenvalue weighted by Crippen LogP contribution is 2.49. The van der Waals surface area contributed by atoms with Crippen molar-refractivity contribution < 1.29 is 5.21 Å². The highest BCUT2D eigenvalue weighted by Gasteiger charge is 2.44. The zero-order chi connectivity index (χ0) is 13.9. The van der Waals surface area contributed by atoms with E-state index in [4.69, 9.17) is 10.9 Å². The summed E-state index contributed by atoms with van der Waals surface area (Å²) >= 11 is 3.57. The summed E-state index contributed by atoms with van der Waals surface area (Å²) in [5.41, 5.74) is 7.12. The summed E-state index contributed by atoms with van der Waals surface area (Å²) in [6, 6.07) is 8.27. The molecule has 19 heavy (non-hydrogen) atoms. The number of nitrogens with zero attached hydrogens (tertiary/aromatic N) is 2. The molecule has 0 bridgehead atoms. The fourth-order valence-electron chi connectivity index (χ4n) is 2.53. The minimum absolute atomic E-state index is 0.215. The molecule has 5 heteroatoms. The van der Waals surface area contributed by atoms with E-state index in [1.165, 1.54) is 5.56 Å². The van der Waals surface area contributed by atoms with Crippen molar-refractivity contribution in [2.75, 3.05) is 13.6 Å². The molecule has 1 fully saturated rings. The zero-order valence-corrected chi connectivity index (χ0v) is 12.7. The van der Waals surface area contributed by atoms with Crippen molar-refractivity contribution >= 4 is 21.8 Å². The largest absolute Gasteiger partial charge is 0.409 e. The lowest BCUT2D eigenvalue weighted by atomic mass is 10.0. The van der Waals surface area contributed by atoms with Crippen LogP contribution in [0, 0.1) is 5.41 Å². The molecule has 0 atom stereocenters. The van der Waals surface area contributed by atoms with E-state index in [0.29, 0.717) is 12.3 Å². The number of oxime groups is 1. The predicted octanol–water partition coefficient (Wildman–Crippen LogP) is 2.80. The minimum Gasteiger partial charge on any atom is -0.409 e. The first-order valence-electron chi connectivity index (χ1n) is 6.43. The van der Waals surface area contributed by atoms with Gasteiger partial charge in [0.2, 0.25) is 0 Å². The number of amidine groups is 1. The van der Waals surface area contributed by atoms with Crippen molar-refractivity contribution in [2.45, 2.75) is 25.8 Å². The molecule has 0 aliphatic heterocycles. The van der Waals surface area contributed by atoms with Crippen LogP contribution in [0.25, 0.3) is 0 Å². The summed E-state index contributed by atoms with van der Waals surface area (Å²) < 4.78 is 1.14. The van der Waals surface area contributed by atoms with Gasteiger partial charge in [-0.05, 0) is 36.9 Å². The van der Waals surface area contributed by atoms with Crippen LogP contribution < -0.4 is 5.73 Å². The van der Waals surface area contributed by atoms with E-state index in [1.807, 2.05) is 6.07 Å². The van der Waals surface area contributed by atoms with Gasteiger partial charge in [0.25, 0.3) is 0 Å². The van der Waals surface area contributed by atoms with Gasteiger partial charge in [0.05, 0.1) is 0 Å². The standard InChI is InChI=1S/C14H20BrN3O/c1-18(9-11-4-2-3-5-12(11)15)10-14(6-7-14)8-13(16)17-19/h2-5,19H,6-10H2,1H3,(H2,16,17). The Kier molecular flexibility index (Phi) is 4.47. The lowest BCUT2D eigenvalue weighted by Gasteiger charge is -2.23. The third-order valence-corrected chi connectivity index (χ3v) is 4.42. The third kappa shape index (κ3) is 3.94. The van der Waals surface area contributed by atoms with Crippen LogP contribution in [0.4, 0.5) is 0 Å². The molecule has 0 spiro atoms. The Hall–Kier alpha value is -1.07. The van der Waals surface area contributed by atoms with Gasteiger partial charge in [0.1, 0.15) is 5.84 Å². The molecule has 0 amide bonds. The maximum atomic E-state index is 8.67. The molecule has 0 unspecified atom stereocenters. The molecule has 0 heterocycles. The van der Waals surface area contributed by atoms with E-state index in [9.17, 15) is 0 Å². The molecule has 3 N–H and O–H groups in total. The number of hydrogen-bond acceptors (Lipinski definition) is 3. The van der Waals surface area contributed by atoms with Gasteiger partial charge in [-0.1, -0.05) is 39.3 Å². The zero-order valence-electron chi connectivity index (χ0n) is 11.1. The summed E-state index contributed by atoms with van der Waals surface area (Å²) in [5.74, 6) is 0.340. The van der Waals surface area contributed by atoms with Gasteiger partial charge in [-0.15, -0.1) is 0 Å². The van der Waals surface area contributed by atoms with E-state index in [0.717, 1.165) is 30.4 Å². The van der Waals surface area contributed by atoms with Gasteiger partial charge >= 0.3 is 0 Å². The number of hydrogen-bond donors (Lipinski definition) is 2. The molecule has 104 valence electrons. The molecule has 0 aromatic heterocycles. The van der Waals surface area contributed by atoms with E-state index in [-0.39, 0.29) is 5.41 Å². The molecular weight excluding hydrogens is 306 g/mol. The molecule has 1 aromatic rings. The molecule has 1 aromatic carbocycles. The Morgan fingerprint density at radius 1 is 1.47 bits per heavy atom. The maximum Gasteiger partial charge on any atom is 0.139 e. The van der Waals surface area contributed by atoms with Crippen LogP contribution in [0.2, 0.25) is 0 Å². The molecule has 2 rings (SSSR count). The van der Waals surface area contributed by atoms with Crippen LogP contribution >= 0.6 is 15.9 Å². The SMILES string of the molecule is CN(Cc1ccccc1Br)CC1(CC(N)=NO)CC1. The van der Waals surface area contributed by atoms with Crippen LogP contribution in [-0.4, -0.2) is 29.5 Å². The molecule has 0 saturated heterocycles. The van der Waals surface area contributed by atoms with Gasteiger partial charge in [-0.3, -0.25) is 0 Å². The summed E-state index contributed by atoms with van der Waals surface area (Å²) in [7, 11) is 2.12. The molecule has 1 aliphatic rings. The second-order valence-corrected chi connectivity index (χ2v) is 6.39. The first-order chi connectivity index (χ1) is 9.04. The van der Waals surface area contributed by atoms with Crippen LogP contribution in [0.15, 0.2) is 33.9 Å². The molecule has 1 aliphatic carbocycles. The lowest BCUT2D eigenvalue weighted by Crippen LogP contribution is -2.30. The van der Waals surface area contributed by atoms with Crippen molar-refractivity contribution in [3.63, 3.8) is 0 Å². The summed E-state index contributed by atoms with van der Waals surface area (Å²) in [6.07, 6.45) is 3.00. The topological polar surface area (TPSA) is 61.8 Å². The highest BCUT2D eigenvalue weighted by molar-refractivity contribution is 9.10. The van der Waals surface area contributed by atoms with Gasteiger partial charge in [-0.25, -0.2) is 0 Å². The quantitative estimate of drug-likeness (QED) is 0.366. The van der Waals surface area contributed by atoms with Gasteiger partial charge in [0, 0.05) is 24.0 Å². The molecular formula is C14H20BrN3O. The second kappa shape index (κ2) is 5.92. The summed E-state index contributed by atoms with van der Waals surface area (Å²) in [5, 5.41) is 11.8. The number of benzene rings is 1. The van der Waals surface area contributed by atoms with Crippen LogP contribution in [0.1, 0.15) is 24.8 Å². The minimum atomic E-state index is 0.215. The molecule has 4 nitrogen and oxygen atoms in total. The van der Waals surface area contributed by atoms with Crippen LogP contribution in [0.5, 0.6) is 0 Å². The number of rotatable bonds is 6. The number of nitrogens with two attached hydrogens (primary N) is 1. The van der Waals surface area contributed by atoms with Crippen molar-refractivity contribution in [1.82, 2.24) is 4.90 Å². The first-order valence-corrected chi connectivity index (χ1v) is 7.22. The fraction of sp³-hybridized carbons (Fsp3) is 0.500. The smallest absolute Gasteiger partial charge is 0.139 e. The Bertz CT molecular complexity index is 472. The van der Waals surface area contributed by atoms with E-state index >= 15 is 0 Å². The van der Waals surface area contributed by atoms with Crippen LogP contribution in [-0.2, 0) is 6.54 Å². The van der Waals surface area contributed by atoms with Crippen molar-refractivity contribution in [2.24, 2.45) is 16.3 Å². The van der Waals surface area contributed by atoms with Crippen molar-refractivity contribution in [1.29, 1.82) is 0 Å². The highest BCUT2D eigenvalue weighted by atomic mass is 79.9. The Labute approximate surface area is 122 Å². The predicted molar refractivity (Wildman–Crippen MR) is 80.2 cm³/mol. The van der Waals surface area contributed by atoms with Gasteiger partial charge < -0.3 is 15.8 Å². The maximum absolute atomic E-state index is 8.67. The third-order valence-electron chi connectivity index (χ3n) is 3.65. The normalized spacial score (nSPS) is 17.7. The Balaban J connectivity index is 1.91. The van der Waals surface area contributed by atoms with E-state index in [2.05, 4.69) is 51.2 Å². The van der Waals surface area contributed by atoms with E-state index in [1.54, 1.807) is 0 Å². The van der Waals surface area contributed by atoms with Gasteiger partial charge in [-0.2, -0.15) is 0 Å². The fourth-order valence-corrected chi connectivity index (χ4v) is 2.94. The lowest BCUT2D eigenvalue weighted by molar-refractivity contribution is 0.256. The average molecular weight is 326 g/mol. The summed E-state index contributed by atoms with van der Waals surface area (Å²) in [4.78, 5) is 2.30. The van der Waals surface area contributed by atoms with E-state index < -0.39 is 0 Å². The first kappa shape index (κ1) is 14.3. The second-order valence-electron chi connectivity index (χ2n) is 5.53.